The van der Waals surface area contributed by atoms with Gasteiger partial charge in [0.1, 0.15) is 16.9 Å². The molecule has 4 N–H and O–H groups in total. The number of furan rings is 1. The van der Waals surface area contributed by atoms with Crippen molar-refractivity contribution in [1.29, 1.82) is 0 Å². The summed E-state index contributed by atoms with van der Waals surface area (Å²) < 4.78 is 10.6. The Kier molecular flexibility index (Phi) is 6.21. The van der Waals surface area contributed by atoms with Crippen LogP contribution in [0.4, 0.5) is 10.5 Å². The fourth-order valence-electron chi connectivity index (χ4n) is 2.82. The Morgan fingerprint density at radius 1 is 1.10 bits per heavy atom. The van der Waals surface area contributed by atoms with Gasteiger partial charge < -0.3 is 25.5 Å². The van der Waals surface area contributed by atoms with Crippen molar-refractivity contribution in [2.75, 3.05) is 5.32 Å². The summed E-state index contributed by atoms with van der Waals surface area (Å²) in [6.07, 6.45) is -0.529. The molecule has 0 aliphatic carbocycles. The second-order valence-corrected chi connectivity index (χ2v) is 8.25. The van der Waals surface area contributed by atoms with Crippen LogP contribution in [0.5, 0.6) is 0 Å². The lowest BCUT2D eigenvalue weighted by atomic mass is 10.1. The molecule has 0 unspecified atom stereocenters. The third kappa shape index (κ3) is 5.55. The van der Waals surface area contributed by atoms with Gasteiger partial charge in [0.15, 0.2) is 0 Å². The van der Waals surface area contributed by atoms with E-state index in [4.69, 9.17) is 26.5 Å². The quantitative estimate of drug-likeness (QED) is 0.537. The highest BCUT2D eigenvalue weighted by Gasteiger charge is 2.21. The molecule has 0 spiro atoms. The zero-order chi connectivity index (χ0) is 22.8. The van der Waals surface area contributed by atoms with Crippen molar-refractivity contribution >= 4 is 46.2 Å². The lowest BCUT2D eigenvalue weighted by molar-refractivity contribution is 0.0523. The van der Waals surface area contributed by atoms with Crippen molar-refractivity contribution in [2.45, 2.75) is 32.9 Å². The van der Waals surface area contributed by atoms with Gasteiger partial charge in [0.25, 0.3) is 11.8 Å². The smallest absolute Gasteiger partial charge is 0.407 e. The summed E-state index contributed by atoms with van der Waals surface area (Å²) in [5.41, 5.74) is 6.45. The average Bonchev–Trinajstić information content (AvgIpc) is 3.03. The molecule has 31 heavy (non-hydrogen) atoms. The molecule has 1 aromatic heterocycles. The summed E-state index contributed by atoms with van der Waals surface area (Å²) in [5, 5.41) is 6.20. The van der Waals surface area contributed by atoms with Crippen molar-refractivity contribution in [3.05, 3.63) is 64.4 Å². The number of fused-ring (bicyclic) bond motifs is 1. The molecule has 0 saturated heterocycles. The van der Waals surface area contributed by atoms with Gasteiger partial charge in [-0.1, -0.05) is 23.7 Å². The lowest BCUT2D eigenvalue weighted by Crippen LogP contribution is -2.32. The Morgan fingerprint density at radius 3 is 2.39 bits per heavy atom. The Hall–Kier alpha value is -3.52. The van der Waals surface area contributed by atoms with Gasteiger partial charge in [-0.3, -0.25) is 9.59 Å². The monoisotopic (exact) mass is 443 g/mol. The van der Waals surface area contributed by atoms with E-state index < -0.39 is 23.5 Å². The zero-order valence-corrected chi connectivity index (χ0v) is 18.0. The van der Waals surface area contributed by atoms with E-state index in [2.05, 4.69) is 10.6 Å². The number of anilines is 1. The van der Waals surface area contributed by atoms with Gasteiger partial charge in [-0.25, -0.2) is 4.79 Å². The topological polar surface area (TPSA) is 124 Å². The molecule has 9 heteroatoms. The van der Waals surface area contributed by atoms with Crippen LogP contribution in [0.15, 0.2) is 46.9 Å². The Labute approximate surface area is 183 Å². The predicted molar refractivity (Wildman–Crippen MR) is 117 cm³/mol. The van der Waals surface area contributed by atoms with Gasteiger partial charge in [-0.05, 0) is 56.7 Å². The van der Waals surface area contributed by atoms with Crippen LogP contribution in [-0.2, 0) is 11.3 Å². The molecule has 0 saturated carbocycles. The zero-order valence-electron chi connectivity index (χ0n) is 17.2. The molecule has 0 bridgehead atoms. The normalized spacial score (nSPS) is 11.2. The molecule has 3 amide bonds. The summed E-state index contributed by atoms with van der Waals surface area (Å²) in [5.74, 6) is -1.44. The number of halogens is 1. The van der Waals surface area contributed by atoms with Gasteiger partial charge in [0.05, 0.1) is 0 Å². The minimum absolute atomic E-state index is 0.158. The fourth-order valence-corrected chi connectivity index (χ4v) is 2.99. The highest BCUT2D eigenvalue weighted by atomic mass is 35.5. The summed E-state index contributed by atoms with van der Waals surface area (Å²) in [7, 11) is 0. The first-order valence-electron chi connectivity index (χ1n) is 9.42. The minimum atomic E-state index is -0.814. The first kappa shape index (κ1) is 22.2. The molecule has 0 aliphatic rings. The molecule has 162 valence electrons. The van der Waals surface area contributed by atoms with Gasteiger partial charge >= 0.3 is 6.09 Å². The fraction of sp³-hybridized carbons (Fsp3) is 0.227. The second kappa shape index (κ2) is 8.69. The summed E-state index contributed by atoms with van der Waals surface area (Å²) >= 11 is 6.03. The third-order valence-electron chi connectivity index (χ3n) is 4.16. The number of nitrogens with one attached hydrogen (secondary N) is 2. The number of alkyl carbamates (subject to hydrolysis) is 1. The Bertz CT molecular complexity index is 1150. The van der Waals surface area contributed by atoms with Crippen LogP contribution in [0.1, 0.15) is 47.2 Å². The van der Waals surface area contributed by atoms with Crippen LogP contribution in [0.2, 0.25) is 5.02 Å². The van der Waals surface area contributed by atoms with E-state index in [1.165, 1.54) is 0 Å². The first-order chi connectivity index (χ1) is 14.5. The van der Waals surface area contributed by atoms with Crippen LogP contribution in [0.3, 0.4) is 0 Å². The number of hydrogen-bond donors (Lipinski definition) is 3. The van der Waals surface area contributed by atoms with Gasteiger partial charge in [0, 0.05) is 22.5 Å². The van der Waals surface area contributed by atoms with Gasteiger partial charge in [-0.2, -0.15) is 0 Å². The van der Waals surface area contributed by atoms with E-state index in [1.54, 1.807) is 63.2 Å². The van der Waals surface area contributed by atoms with Crippen molar-refractivity contribution in [3.63, 3.8) is 0 Å². The molecule has 3 aromatic rings. The number of carbonyl (C=O) groups excluding carboxylic acids is 3. The van der Waals surface area contributed by atoms with Crippen LogP contribution >= 0.6 is 11.6 Å². The summed E-state index contributed by atoms with van der Waals surface area (Å²) in [6, 6.07) is 11.4. The number of primary amides is 1. The number of carbonyl (C=O) groups is 3. The minimum Gasteiger partial charge on any atom is -0.449 e. The van der Waals surface area contributed by atoms with E-state index in [9.17, 15) is 14.4 Å². The van der Waals surface area contributed by atoms with Gasteiger partial charge in [-0.15, -0.1) is 0 Å². The highest BCUT2D eigenvalue weighted by Crippen LogP contribution is 2.33. The predicted octanol–water partition coefficient (Wildman–Crippen LogP) is 4.46. The molecule has 0 radical (unpaired) electrons. The van der Waals surface area contributed by atoms with E-state index in [-0.39, 0.29) is 18.0 Å². The standard InChI is InChI=1S/C22H22ClN3O5/c1-22(2,3)31-21(29)25-11-12-4-6-13(7-5-12)20(28)26-17-15-10-14(23)8-9-16(15)30-18(17)19(24)27/h4-10H,11H2,1-3H3,(H2,24,27)(H,25,29)(H,26,28). The average molecular weight is 444 g/mol. The van der Waals surface area contributed by atoms with E-state index in [0.29, 0.717) is 21.6 Å². The van der Waals surface area contributed by atoms with Crippen LogP contribution < -0.4 is 16.4 Å². The van der Waals surface area contributed by atoms with E-state index >= 15 is 0 Å². The number of amides is 3. The molecule has 3 rings (SSSR count). The SMILES string of the molecule is CC(C)(C)OC(=O)NCc1ccc(C(=O)Nc2c(C(N)=O)oc3ccc(Cl)cc23)cc1. The third-order valence-corrected chi connectivity index (χ3v) is 4.40. The number of hydrogen-bond acceptors (Lipinski definition) is 5. The van der Waals surface area contributed by atoms with Crippen LogP contribution in [0.25, 0.3) is 11.0 Å². The van der Waals surface area contributed by atoms with E-state index in [1.807, 2.05) is 0 Å². The lowest BCUT2D eigenvalue weighted by Gasteiger charge is -2.19. The number of benzene rings is 2. The van der Waals surface area contributed by atoms with Crippen LogP contribution in [0, 0.1) is 0 Å². The first-order valence-corrected chi connectivity index (χ1v) is 9.80. The Morgan fingerprint density at radius 2 is 1.77 bits per heavy atom. The molecular weight excluding hydrogens is 422 g/mol. The molecule has 1 heterocycles. The molecule has 0 aliphatic heterocycles. The molecule has 2 aromatic carbocycles. The molecular formula is C22H22ClN3O5. The van der Waals surface area contributed by atoms with E-state index in [0.717, 1.165) is 5.56 Å². The number of rotatable bonds is 5. The van der Waals surface area contributed by atoms with Crippen molar-refractivity contribution in [2.24, 2.45) is 5.73 Å². The molecule has 0 fully saturated rings. The van der Waals surface area contributed by atoms with Crippen molar-refractivity contribution in [3.8, 4) is 0 Å². The maximum absolute atomic E-state index is 12.7. The molecule has 8 nitrogen and oxygen atoms in total. The largest absolute Gasteiger partial charge is 0.449 e. The number of nitrogens with two attached hydrogens (primary N) is 1. The van der Waals surface area contributed by atoms with Crippen LogP contribution in [-0.4, -0.2) is 23.5 Å². The van der Waals surface area contributed by atoms with Crippen molar-refractivity contribution in [1.82, 2.24) is 5.32 Å². The van der Waals surface area contributed by atoms with Gasteiger partial charge in [0.2, 0.25) is 5.76 Å². The summed E-state index contributed by atoms with van der Waals surface area (Å²) in [6.45, 7) is 5.58. The molecule has 0 atom stereocenters. The highest BCUT2D eigenvalue weighted by molar-refractivity contribution is 6.31. The maximum Gasteiger partial charge on any atom is 0.407 e. The number of ether oxygens (including phenoxy) is 1. The summed E-state index contributed by atoms with van der Waals surface area (Å²) in [4.78, 5) is 36.2. The van der Waals surface area contributed by atoms with Crippen molar-refractivity contribution < 1.29 is 23.5 Å². The Balaban J connectivity index is 1.73. The maximum atomic E-state index is 12.7. The second-order valence-electron chi connectivity index (χ2n) is 7.82.